The standard InChI is InChI=1S/C14H26N2O3/c1-4-12(14(18)19)16(3)9-13(17)15-11-8-6-5-7-10(11)2/h10-12H,4-9H2,1-3H3,(H,15,17)(H,18,19). The van der Waals surface area contributed by atoms with Gasteiger partial charge in [-0.3, -0.25) is 14.5 Å². The molecule has 0 spiro atoms. The number of hydrogen-bond donors (Lipinski definition) is 2. The van der Waals surface area contributed by atoms with Gasteiger partial charge in [0.15, 0.2) is 0 Å². The molecule has 0 aliphatic heterocycles. The van der Waals surface area contributed by atoms with Gasteiger partial charge in [0.1, 0.15) is 6.04 Å². The molecular formula is C14H26N2O3. The smallest absolute Gasteiger partial charge is 0.320 e. The van der Waals surface area contributed by atoms with Crippen LogP contribution in [0.1, 0.15) is 46.0 Å². The molecule has 1 saturated carbocycles. The number of nitrogens with one attached hydrogen (secondary N) is 1. The zero-order valence-electron chi connectivity index (χ0n) is 12.2. The molecule has 2 N–H and O–H groups in total. The molecule has 1 fully saturated rings. The molecule has 0 radical (unpaired) electrons. The predicted octanol–water partition coefficient (Wildman–Crippen LogP) is 1.48. The molecule has 0 bridgehead atoms. The lowest BCUT2D eigenvalue weighted by molar-refractivity contribution is -0.143. The molecule has 1 rings (SSSR count). The van der Waals surface area contributed by atoms with Gasteiger partial charge in [0.05, 0.1) is 6.54 Å². The van der Waals surface area contributed by atoms with E-state index in [4.69, 9.17) is 5.11 Å². The Morgan fingerprint density at radius 1 is 1.37 bits per heavy atom. The minimum absolute atomic E-state index is 0.0686. The van der Waals surface area contributed by atoms with E-state index < -0.39 is 12.0 Å². The summed E-state index contributed by atoms with van der Waals surface area (Å²) >= 11 is 0. The lowest BCUT2D eigenvalue weighted by Crippen LogP contribution is -2.48. The first-order valence-electron chi connectivity index (χ1n) is 7.18. The molecule has 0 heterocycles. The fourth-order valence-electron chi connectivity index (χ4n) is 2.79. The van der Waals surface area contributed by atoms with Crippen molar-refractivity contribution in [3.63, 3.8) is 0 Å². The summed E-state index contributed by atoms with van der Waals surface area (Å²) in [5.74, 6) is -0.422. The third kappa shape index (κ3) is 4.82. The molecule has 19 heavy (non-hydrogen) atoms. The van der Waals surface area contributed by atoms with Crippen LogP contribution in [0.5, 0.6) is 0 Å². The Bertz CT molecular complexity index is 320. The zero-order valence-corrected chi connectivity index (χ0v) is 12.2. The Morgan fingerprint density at radius 3 is 2.53 bits per heavy atom. The minimum Gasteiger partial charge on any atom is -0.480 e. The molecule has 0 aromatic carbocycles. The summed E-state index contributed by atoms with van der Waals surface area (Å²) in [4.78, 5) is 24.6. The zero-order chi connectivity index (χ0) is 14.4. The van der Waals surface area contributed by atoms with Gasteiger partial charge in [-0.2, -0.15) is 0 Å². The highest BCUT2D eigenvalue weighted by Crippen LogP contribution is 2.23. The van der Waals surface area contributed by atoms with E-state index in [-0.39, 0.29) is 18.5 Å². The Morgan fingerprint density at radius 2 is 2.00 bits per heavy atom. The fourth-order valence-corrected chi connectivity index (χ4v) is 2.79. The van der Waals surface area contributed by atoms with Crippen molar-refractivity contribution in [2.45, 2.75) is 58.0 Å². The monoisotopic (exact) mass is 270 g/mol. The molecule has 5 nitrogen and oxygen atoms in total. The molecule has 0 saturated heterocycles. The van der Waals surface area contributed by atoms with Crippen LogP contribution in [0.2, 0.25) is 0 Å². The number of carbonyl (C=O) groups is 2. The van der Waals surface area contributed by atoms with Gasteiger partial charge in [0.25, 0.3) is 0 Å². The normalized spacial score (nSPS) is 25.1. The SMILES string of the molecule is CCC(C(=O)O)N(C)CC(=O)NC1CCCCC1C. The van der Waals surface area contributed by atoms with Gasteiger partial charge < -0.3 is 10.4 Å². The largest absolute Gasteiger partial charge is 0.480 e. The summed E-state index contributed by atoms with van der Waals surface area (Å²) in [6, 6.07) is -0.339. The van der Waals surface area contributed by atoms with Crippen LogP contribution >= 0.6 is 0 Å². The second-order valence-electron chi connectivity index (χ2n) is 5.61. The number of carbonyl (C=O) groups excluding carboxylic acids is 1. The summed E-state index contributed by atoms with van der Waals surface area (Å²) in [6.45, 7) is 4.13. The van der Waals surface area contributed by atoms with Crippen LogP contribution in [0, 0.1) is 5.92 Å². The molecule has 0 aromatic rings. The topological polar surface area (TPSA) is 69.6 Å². The van der Waals surface area contributed by atoms with Crippen LogP contribution in [0.15, 0.2) is 0 Å². The van der Waals surface area contributed by atoms with Gasteiger partial charge in [0.2, 0.25) is 5.91 Å². The molecule has 1 aliphatic carbocycles. The van der Waals surface area contributed by atoms with E-state index in [1.54, 1.807) is 11.9 Å². The molecule has 3 unspecified atom stereocenters. The summed E-state index contributed by atoms with van der Waals surface area (Å²) in [6.07, 6.45) is 5.10. The highest BCUT2D eigenvalue weighted by atomic mass is 16.4. The van der Waals surface area contributed by atoms with E-state index in [1.165, 1.54) is 6.42 Å². The van der Waals surface area contributed by atoms with Crippen LogP contribution in [0.3, 0.4) is 0 Å². The maximum atomic E-state index is 12.0. The first kappa shape index (κ1) is 16.0. The predicted molar refractivity (Wildman–Crippen MR) is 73.9 cm³/mol. The van der Waals surface area contributed by atoms with E-state index in [0.717, 1.165) is 19.3 Å². The second-order valence-corrected chi connectivity index (χ2v) is 5.61. The van der Waals surface area contributed by atoms with Crippen molar-refractivity contribution in [2.24, 2.45) is 5.92 Å². The maximum Gasteiger partial charge on any atom is 0.320 e. The average Bonchev–Trinajstić information content (AvgIpc) is 2.32. The molecule has 1 aliphatic rings. The van der Waals surface area contributed by atoms with Crippen LogP contribution < -0.4 is 5.32 Å². The number of nitrogens with zero attached hydrogens (tertiary/aromatic N) is 1. The second kappa shape index (κ2) is 7.48. The van der Waals surface area contributed by atoms with Gasteiger partial charge in [-0.15, -0.1) is 0 Å². The molecule has 3 atom stereocenters. The van der Waals surface area contributed by atoms with Gasteiger partial charge in [-0.1, -0.05) is 26.7 Å². The van der Waals surface area contributed by atoms with Crippen molar-refractivity contribution in [3.05, 3.63) is 0 Å². The van der Waals surface area contributed by atoms with Gasteiger partial charge in [-0.25, -0.2) is 0 Å². The number of aliphatic carboxylic acids is 1. The van der Waals surface area contributed by atoms with Crippen molar-refractivity contribution in [1.29, 1.82) is 0 Å². The van der Waals surface area contributed by atoms with Gasteiger partial charge in [-0.05, 0) is 32.2 Å². The number of carboxylic acid groups (broad SMARTS) is 1. The van der Waals surface area contributed by atoms with E-state index in [9.17, 15) is 9.59 Å². The molecule has 0 aromatic heterocycles. The van der Waals surface area contributed by atoms with Crippen molar-refractivity contribution in [3.8, 4) is 0 Å². The lowest BCUT2D eigenvalue weighted by Gasteiger charge is -2.30. The van der Waals surface area contributed by atoms with Gasteiger partial charge >= 0.3 is 5.97 Å². The number of amides is 1. The van der Waals surface area contributed by atoms with E-state index in [2.05, 4.69) is 12.2 Å². The summed E-state index contributed by atoms with van der Waals surface area (Å²) in [5, 5.41) is 12.1. The quantitative estimate of drug-likeness (QED) is 0.767. The average molecular weight is 270 g/mol. The van der Waals surface area contributed by atoms with Crippen molar-refractivity contribution >= 4 is 11.9 Å². The first-order chi connectivity index (χ1) is 8.95. The number of hydrogen-bond acceptors (Lipinski definition) is 3. The summed E-state index contributed by atoms with van der Waals surface area (Å²) in [7, 11) is 1.69. The van der Waals surface area contributed by atoms with Crippen molar-refractivity contribution in [1.82, 2.24) is 10.2 Å². The lowest BCUT2D eigenvalue weighted by atomic mass is 9.86. The molecular weight excluding hydrogens is 244 g/mol. The maximum absolute atomic E-state index is 12.0. The van der Waals surface area contributed by atoms with Crippen LogP contribution in [-0.4, -0.2) is 47.6 Å². The summed E-state index contributed by atoms with van der Waals surface area (Å²) < 4.78 is 0. The van der Waals surface area contributed by atoms with Crippen molar-refractivity contribution < 1.29 is 14.7 Å². The first-order valence-corrected chi connectivity index (χ1v) is 7.18. The number of likely N-dealkylation sites (N-methyl/N-ethyl adjacent to an activating group) is 1. The molecule has 110 valence electrons. The van der Waals surface area contributed by atoms with Crippen LogP contribution in [0.25, 0.3) is 0 Å². The van der Waals surface area contributed by atoms with E-state index in [0.29, 0.717) is 12.3 Å². The third-order valence-corrected chi connectivity index (χ3v) is 4.05. The Kier molecular flexibility index (Phi) is 6.28. The molecule has 5 heteroatoms. The van der Waals surface area contributed by atoms with E-state index in [1.807, 2.05) is 6.92 Å². The Balaban J connectivity index is 2.43. The number of carboxylic acids is 1. The summed E-state index contributed by atoms with van der Waals surface area (Å²) in [5.41, 5.74) is 0. The van der Waals surface area contributed by atoms with Crippen molar-refractivity contribution in [2.75, 3.05) is 13.6 Å². The number of rotatable bonds is 6. The van der Waals surface area contributed by atoms with Crippen LogP contribution in [0.4, 0.5) is 0 Å². The Labute approximate surface area is 115 Å². The van der Waals surface area contributed by atoms with E-state index >= 15 is 0 Å². The van der Waals surface area contributed by atoms with Gasteiger partial charge in [0, 0.05) is 6.04 Å². The molecule has 1 amide bonds. The Hall–Kier alpha value is -1.10. The fraction of sp³-hybridized carbons (Fsp3) is 0.857. The van der Waals surface area contributed by atoms with Crippen LogP contribution in [-0.2, 0) is 9.59 Å². The highest BCUT2D eigenvalue weighted by molar-refractivity contribution is 5.80. The highest BCUT2D eigenvalue weighted by Gasteiger charge is 2.25. The third-order valence-electron chi connectivity index (χ3n) is 4.05. The minimum atomic E-state index is -0.871.